The molecule has 0 saturated carbocycles. The average Bonchev–Trinajstić information content (AvgIpc) is 2.86. The van der Waals surface area contributed by atoms with Crippen molar-refractivity contribution in [1.82, 2.24) is 14.6 Å². The van der Waals surface area contributed by atoms with Crippen LogP contribution in [0.15, 0.2) is 18.3 Å². The minimum atomic E-state index is 0.703. The van der Waals surface area contributed by atoms with E-state index in [0.717, 1.165) is 23.6 Å². The van der Waals surface area contributed by atoms with E-state index < -0.39 is 0 Å². The predicted molar refractivity (Wildman–Crippen MR) is 66.6 cm³/mol. The van der Waals surface area contributed by atoms with Gasteiger partial charge >= 0.3 is 0 Å². The van der Waals surface area contributed by atoms with Gasteiger partial charge in [0.25, 0.3) is 0 Å². The molecule has 1 saturated heterocycles. The third kappa shape index (κ3) is 1.87. The number of thioether (sulfide) groups is 1. The van der Waals surface area contributed by atoms with Crippen molar-refractivity contribution in [3.05, 3.63) is 24.2 Å². The van der Waals surface area contributed by atoms with Crippen molar-refractivity contribution in [2.45, 2.75) is 24.5 Å². The van der Waals surface area contributed by atoms with E-state index in [-0.39, 0.29) is 0 Å². The first kappa shape index (κ1) is 9.96. The summed E-state index contributed by atoms with van der Waals surface area (Å²) >= 11 is 2.04. The van der Waals surface area contributed by atoms with Crippen molar-refractivity contribution in [1.29, 1.82) is 0 Å². The fourth-order valence-electron chi connectivity index (χ4n) is 2.04. The summed E-state index contributed by atoms with van der Waals surface area (Å²) < 4.78 is 1.80. The maximum atomic E-state index is 5.71. The van der Waals surface area contributed by atoms with Gasteiger partial charge in [0.1, 0.15) is 0 Å². The zero-order chi connectivity index (χ0) is 11.0. The smallest absolute Gasteiger partial charge is 0.157 e. The van der Waals surface area contributed by atoms with Crippen LogP contribution in [0.1, 0.15) is 18.7 Å². The molecule has 0 bridgehead atoms. The Labute approximate surface area is 98.2 Å². The number of nitrogens with two attached hydrogens (primary N) is 1. The number of pyridine rings is 1. The number of aromatic nitrogens is 3. The van der Waals surface area contributed by atoms with Crippen LogP contribution in [0.3, 0.4) is 0 Å². The summed E-state index contributed by atoms with van der Waals surface area (Å²) in [5.41, 5.74) is 7.29. The van der Waals surface area contributed by atoms with Gasteiger partial charge in [-0.3, -0.25) is 0 Å². The second kappa shape index (κ2) is 3.97. The lowest BCUT2D eigenvalue weighted by molar-refractivity contribution is 0.742. The normalized spacial score (nSPS) is 20.6. The molecular formula is C11H14N4S. The predicted octanol–water partition coefficient (Wildman–Crippen LogP) is 1.75. The molecule has 2 aromatic rings. The van der Waals surface area contributed by atoms with Crippen LogP contribution in [-0.4, -0.2) is 25.6 Å². The number of nitrogens with zero attached hydrogens (tertiary/aromatic N) is 3. The molecule has 0 radical (unpaired) electrons. The Morgan fingerprint density at radius 1 is 1.56 bits per heavy atom. The van der Waals surface area contributed by atoms with Crippen LogP contribution in [-0.2, 0) is 6.42 Å². The summed E-state index contributed by atoms with van der Waals surface area (Å²) in [5, 5.41) is 5.16. The van der Waals surface area contributed by atoms with Gasteiger partial charge in [-0.25, -0.2) is 9.50 Å². The molecule has 1 aliphatic heterocycles. The first-order chi connectivity index (χ1) is 7.81. The van der Waals surface area contributed by atoms with Gasteiger partial charge in [-0.05, 0) is 24.7 Å². The van der Waals surface area contributed by atoms with Crippen molar-refractivity contribution in [3.8, 4) is 0 Å². The Hall–Kier alpha value is -1.23. The van der Waals surface area contributed by atoms with Crippen LogP contribution in [0, 0.1) is 0 Å². The lowest BCUT2D eigenvalue weighted by Crippen LogP contribution is -2.03. The van der Waals surface area contributed by atoms with Crippen molar-refractivity contribution in [3.63, 3.8) is 0 Å². The number of rotatable bonds is 2. The fourth-order valence-corrected chi connectivity index (χ4v) is 3.31. The van der Waals surface area contributed by atoms with Gasteiger partial charge in [0, 0.05) is 29.6 Å². The van der Waals surface area contributed by atoms with Crippen molar-refractivity contribution >= 4 is 23.1 Å². The second-order valence-corrected chi connectivity index (χ2v) is 5.54. The Morgan fingerprint density at radius 3 is 3.31 bits per heavy atom. The Bertz CT molecular complexity index is 502. The molecule has 1 unspecified atom stereocenters. The molecule has 5 heteroatoms. The monoisotopic (exact) mass is 234 g/mol. The Kier molecular flexibility index (Phi) is 2.47. The van der Waals surface area contributed by atoms with Gasteiger partial charge in [0.15, 0.2) is 11.5 Å². The van der Waals surface area contributed by atoms with E-state index in [4.69, 9.17) is 5.73 Å². The Balaban J connectivity index is 1.86. The first-order valence-electron chi connectivity index (χ1n) is 5.54. The molecule has 1 aliphatic rings. The zero-order valence-corrected chi connectivity index (χ0v) is 9.78. The van der Waals surface area contributed by atoms with Crippen LogP contribution < -0.4 is 5.73 Å². The number of hydrogen-bond donors (Lipinski definition) is 1. The first-order valence-corrected chi connectivity index (χ1v) is 6.58. The number of fused-ring (bicyclic) bond motifs is 1. The quantitative estimate of drug-likeness (QED) is 0.860. The highest BCUT2D eigenvalue weighted by molar-refractivity contribution is 8.00. The average molecular weight is 234 g/mol. The molecule has 0 amide bonds. The minimum Gasteiger partial charge on any atom is -0.399 e. The summed E-state index contributed by atoms with van der Waals surface area (Å²) in [6.07, 6.45) is 5.47. The zero-order valence-electron chi connectivity index (χ0n) is 8.97. The summed E-state index contributed by atoms with van der Waals surface area (Å²) in [7, 11) is 0. The summed E-state index contributed by atoms with van der Waals surface area (Å²) in [5.74, 6) is 2.22. The van der Waals surface area contributed by atoms with E-state index in [1.807, 2.05) is 30.1 Å². The maximum absolute atomic E-state index is 5.71. The molecule has 16 heavy (non-hydrogen) atoms. The SMILES string of the molecule is Nc1ccn2nc(CC3CCCS3)nc2c1. The highest BCUT2D eigenvalue weighted by Crippen LogP contribution is 2.28. The van der Waals surface area contributed by atoms with Gasteiger partial charge in [-0.15, -0.1) is 0 Å². The number of hydrogen-bond acceptors (Lipinski definition) is 4. The van der Waals surface area contributed by atoms with Crippen molar-refractivity contribution in [2.75, 3.05) is 11.5 Å². The molecule has 3 heterocycles. The molecular weight excluding hydrogens is 220 g/mol. The number of nitrogen functional groups attached to an aromatic ring is 1. The van der Waals surface area contributed by atoms with E-state index in [2.05, 4.69) is 10.1 Å². The molecule has 0 aliphatic carbocycles. The molecule has 2 aromatic heterocycles. The molecule has 3 rings (SSSR count). The Morgan fingerprint density at radius 2 is 2.50 bits per heavy atom. The van der Waals surface area contributed by atoms with Gasteiger partial charge in [0.2, 0.25) is 0 Å². The molecule has 2 N–H and O–H groups in total. The molecule has 1 atom stereocenters. The standard InChI is InChI=1S/C11H14N4S/c12-8-3-4-15-11(6-8)13-10(14-15)7-9-2-1-5-16-9/h3-4,6,9H,1-2,5,7,12H2. The van der Waals surface area contributed by atoms with Crippen LogP contribution in [0.2, 0.25) is 0 Å². The summed E-state index contributed by atoms with van der Waals surface area (Å²) in [6.45, 7) is 0. The lowest BCUT2D eigenvalue weighted by Gasteiger charge is -2.02. The van der Waals surface area contributed by atoms with Gasteiger partial charge in [-0.1, -0.05) is 0 Å². The van der Waals surface area contributed by atoms with Gasteiger partial charge in [-0.2, -0.15) is 16.9 Å². The number of anilines is 1. The fraction of sp³-hybridized carbons (Fsp3) is 0.455. The summed E-state index contributed by atoms with van der Waals surface area (Å²) in [4.78, 5) is 4.50. The van der Waals surface area contributed by atoms with E-state index in [1.54, 1.807) is 4.52 Å². The van der Waals surface area contributed by atoms with E-state index >= 15 is 0 Å². The third-order valence-corrected chi connectivity index (χ3v) is 4.24. The second-order valence-electron chi connectivity index (χ2n) is 4.13. The summed E-state index contributed by atoms with van der Waals surface area (Å²) in [6, 6.07) is 3.70. The minimum absolute atomic E-state index is 0.703. The molecule has 84 valence electrons. The van der Waals surface area contributed by atoms with Crippen LogP contribution in [0.5, 0.6) is 0 Å². The third-order valence-electron chi connectivity index (χ3n) is 2.84. The molecule has 0 spiro atoms. The van der Waals surface area contributed by atoms with E-state index in [1.165, 1.54) is 18.6 Å². The van der Waals surface area contributed by atoms with Gasteiger partial charge in [0.05, 0.1) is 0 Å². The topological polar surface area (TPSA) is 56.2 Å². The lowest BCUT2D eigenvalue weighted by atomic mass is 10.2. The largest absolute Gasteiger partial charge is 0.399 e. The molecule has 1 fully saturated rings. The van der Waals surface area contributed by atoms with E-state index in [9.17, 15) is 0 Å². The van der Waals surface area contributed by atoms with Crippen molar-refractivity contribution in [2.24, 2.45) is 0 Å². The molecule has 0 aromatic carbocycles. The van der Waals surface area contributed by atoms with Crippen LogP contribution in [0.25, 0.3) is 5.65 Å². The van der Waals surface area contributed by atoms with Crippen LogP contribution >= 0.6 is 11.8 Å². The van der Waals surface area contributed by atoms with E-state index in [0.29, 0.717) is 5.25 Å². The molecule has 4 nitrogen and oxygen atoms in total. The maximum Gasteiger partial charge on any atom is 0.157 e. The highest BCUT2D eigenvalue weighted by atomic mass is 32.2. The highest BCUT2D eigenvalue weighted by Gasteiger charge is 2.18. The van der Waals surface area contributed by atoms with Crippen molar-refractivity contribution < 1.29 is 0 Å². The van der Waals surface area contributed by atoms with Crippen LogP contribution in [0.4, 0.5) is 5.69 Å². The van der Waals surface area contributed by atoms with Gasteiger partial charge < -0.3 is 5.73 Å².